The normalized spacial score (nSPS) is 12.0. The second-order valence-electron chi connectivity index (χ2n) is 6.41. The van der Waals surface area contributed by atoms with Gasteiger partial charge < -0.3 is 9.04 Å². The van der Waals surface area contributed by atoms with Crippen LogP contribution in [-0.4, -0.2) is 49.2 Å². The van der Waals surface area contributed by atoms with Gasteiger partial charge in [-0.2, -0.15) is 0 Å². The Morgan fingerprint density at radius 1 is 1.13 bits per heavy atom. The molecule has 4 nitrogen and oxygen atoms in total. The van der Waals surface area contributed by atoms with Crippen LogP contribution in [0, 0.1) is 12.8 Å². The van der Waals surface area contributed by atoms with Gasteiger partial charge in [0.15, 0.2) is 0 Å². The van der Waals surface area contributed by atoms with E-state index in [2.05, 4.69) is 46.5 Å². The average Bonchev–Trinajstić information content (AvgIpc) is 2.47. The minimum absolute atomic E-state index is 0.178. The monoisotopic (exact) mass is 361 g/mol. The summed E-state index contributed by atoms with van der Waals surface area (Å²) in [5, 5.41) is 0. The summed E-state index contributed by atoms with van der Waals surface area (Å²) in [5.74, 6) is 3.40. The molecule has 0 fully saturated rings. The Morgan fingerprint density at radius 3 is 1.96 bits per heavy atom. The van der Waals surface area contributed by atoms with E-state index in [1.165, 1.54) is 41.3 Å². The maximum absolute atomic E-state index is 10.4. The number of nitrogens with zero attached hydrogens (tertiary/aromatic N) is 1. The third-order valence-electron chi connectivity index (χ3n) is 3.69. The second kappa shape index (κ2) is 10.3. The van der Waals surface area contributed by atoms with Crippen LogP contribution < -0.4 is 0 Å². The van der Waals surface area contributed by atoms with E-state index in [-0.39, 0.29) is 4.90 Å². The van der Waals surface area contributed by atoms with Gasteiger partial charge in [0.2, 0.25) is 0 Å². The molecule has 0 aromatic heterocycles. The van der Waals surface area contributed by atoms with Crippen molar-refractivity contribution >= 4 is 21.9 Å². The molecule has 0 amide bonds. The summed E-state index contributed by atoms with van der Waals surface area (Å²) in [5.41, 5.74) is 0.928. The molecule has 1 aromatic carbocycles. The van der Waals surface area contributed by atoms with Crippen molar-refractivity contribution in [3.05, 3.63) is 29.8 Å². The molecule has 0 heterocycles. The third kappa shape index (κ3) is 10.0. The van der Waals surface area contributed by atoms with Crippen LogP contribution in [0.15, 0.2) is 29.2 Å². The van der Waals surface area contributed by atoms with E-state index in [9.17, 15) is 13.0 Å². The van der Waals surface area contributed by atoms with Crippen LogP contribution in [0.4, 0.5) is 0 Å². The summed E-state index contributed by atoms with van der Waals surface area (Å²) in [6.07, 6.45) is 0. The fraction of sp³-hybridized carbons (Fsp3) is 0.647. The van der Waals surface area contributed by atoms with Crippen molar-refractivity contribution in [2.75, 3.05) is 31.8 Å². The Bertz CT molecular complexity index is 535. The fourth-order valence-electron chi connectivity index (χ4n) is 1.62. The third-order valence-corrected chi connectivity index (χ3v) is 6.25. The molecule has 0 unspecified atom stereocenters. The number of thioether (sulfide) groups is 1. The standard InChI is InChI=1S/C10H24NS.C7H8O3S/c1-6-11(5,7-2)9-12-8-10(3)4;1-6-2-4-7(5-3-6)11(8,9)10/h10H,6-9H2,1-5H3;2-5H,1H3,(H,8,9,10)/q+1;/p-1. The number of benzene rings is 1. The highest BCUT2D eigenvalue weighted by molar-refractivity contribution is 7.99. The van der Waals surface area contributed by atoms with Crippen molar-refractivity contribution in [2.24, 2.45) is 5.92 Å². The van der Waals surface area contributed by atoms with Crippen molar-refractivity contribution in [2.45, 2.75) is 39.5 Å². The van der Waals surface area contributed by atoms with Gasteiger partial charge >= 0.3 is 0 Å². The summed E-state index contributed by atoms with van der Waals surface area (Å²) in [7, 11) is -1.93. The maximum atomic E-state index is 10.4. The predicted molar refractivity (Wildman–Crippen MR) is 98.6 cm³/mol. The summed E-state index contributed by atoms with van der Waals surface area (Å²) >= 11 is 2.09. The van der Waals surface area contributed by atoms with Crippen LogP contribution in [0.2, 0.25) is 0 Å². The Morgan fingerprint density at radius 2 is 1.61 bits per heavy atom. The van der Waals surface area contributed by atoms with Gasteiger partial charge in [-0.3, -0.25) is 0 Å². The van der Waals surface area contributed by atoms with E-state index in [0.29, 0.717) is 0 Å². The smallest absolute Gasteiger partial charge is 0.125 e. The lowest BCUT2D eigenvalue weighted by atomic mass is 10.2. The van der Waals surface area contributed by atoms with Crippen LogP contribution in [-0.2, 0) is 10.1 Å². The lowest BCUT2D eigenvalue weighted by Gasteiger charge is -2.31. The van der Waals surface area contributed by atoms with Gasteiger partial charge in [-0.15, -0.1) is 11.8 Å². The van der Waals surface area contributed by atoms with Gasteiger partial charge in [0.05, 0.1) is 25.0 Å². The molecule has 0 saturated carbocycles. The number of aryl methyl sites for hydroxylation is 1. The zero-order valence-corrected chi connectivity index (χ0v) is 16.8. The van der Waals surface area contributed by atoms with Gasteiger partial charge in [0.25, 0.3) is 0 Å². The lowest BCUT2D eigenvalue weighted by Crippen LogP contribution is -2.43. The predicted octanol–water partition coefficient (Wildman–Crippen LogP) is 3.72. The highest BCUT2D eigenvalue weighted by Gasteiger charge is 2.15. The summed E-state index contributed by atoms with van der Waals surface area (Å²) in [6, 6.07) is 5.78. The number of hydrogen-bond acceptors (Lipinski definition) is 4. The molecule has 0 saturated heterocycles. The molecule has 0 N–H and O–H groups in total. The average molecular weight is 362 g/mol. The molecular formula is C17H31NO3S2. The van der Waals surface area contributed by atoms with Crippen LogP contribution >= 0.6 is 11.8 Å². The molecule has 0 aliphatic rings. The molecule has 6 heteroatoms. The molecule has 1 rings (SSSR count). The van der Waals surface area contributed by atoms with E-state index >= 15 is 0 Å². The molecule has 0 aliphatic carbocycles. The Kier molecular flexibility index (Phi) is 10.1. The molecular weight excluding hydrogens is 330 g/mol. The van der Waals surface area contributed by atoms with E-state index < -0.39 is 10.1 Å². The minimum Gasteiger partial charge on any atom is -0.744 e. The summed E-state index contributed by atoms with van der Waals surface area (Å²) < 4.78 is 32.4. The number of hydrogen-bond donors (Lipinski definition) is 0. The Balaban J connectivity index is 0.000000422. The SMILES string of the molecule is CC[N+](C)(CC)CSCC(C)C.Cc1ccc(S(=O)(=O)[O-])cc1. The molecule has 0 radical (unpaired) electrons. The molecule has 134 valence electrons. The highest BCUT2D eigenvalue weighted by Crippen LogP contribution is 2.14. The number of quaternary nitrogens is 1. The quantitative estimate of drug-likeness (QED) is 0.422. The van der Waals surface area contributed by atoms with Gasteiger partial charge in [-0.05, 0) is 38.8 Å². The van der Waals surface area contributed by atoms with Gasteiger partial charge in [0.1, 0.15) is 16.0 Å². The van der Waals surface area contributed by atoms with E-state index in [0.717, 1.165) is 11.5 Å². The van der Waals surface area contributed by atoms with E-state index in [4.69, 9.17) is 0 Å². The molecule has 23 heavy (non-hydrogen) atoms. The molecule has 0 bridgehead atoms. The molecule has 1 aromatic rings. The Labute approximate surface area is 146 Å². The molecule has 0 aliphatic heterocycles. The van der Waals surface area contributed by atoms with Gasteiger partial charge in [-0.1, -0.05) is 31.5 Å². The van der Waals surface area contributed by atoms with Crippen LogP contribution in [0.25, 0.3) is 0 Å². The zero-order chi connectivity index (χ0) is 18.1. The van der Waals surface area contributed by atoms with Crippen molar-refractivity contribution in [1.82, 2.24) is 0 Å². The topological polar surface area (TPSA) is 57.2 Å². The zero-order valence-electron chi connectivity index (χ0n) is 15.2. The van der Waals surface area contributed by atoms with E-state index in [1.807, 2.05) is 6.92 Å². The number of rotatable bonds is 7. The highest BCUT2D eigenvalue weighted by atomic mass is 32.2. The summed E-state index contributed by atoms with van der Waals surface area (Å²) in [4.78, 5) is -0.178. The first-order valence-corrected chi connectivity index (χ1v) is 10.5. The first-order valence-electron chi connectivity index (χ1n) is 7.98. The lowest BCUT2D eigenvalue weighted by molar-refractivity contribution is -0.893. The molecule has 0 spiro atoms. The van der Waals surface area contributed by atoms with Crippen molar-refractivity contribution in [3.63, 3.8) is 0 Å². The minimum atomic E-state index is -4.27. The molecule has 0 atom stereocenters. The Hall–Kier alpha value is -0.560. The van der Waals surface area contributed by atoms with Gasteiger partial charge in [0, 0.05) is 5.75 Å². The van der Waals surface area contributed by atoms with Crippen LogP contribution in [0.1, 0.15) is 33.3 Å². The summed E-state index contributed by atoms with van der Waals surface area (Å²) in [6.45, 7) is 13.5. The first kappa shape index (κ1) is 22.4. The second-order valence-corrected chi connectivity index (χ2v) is 8.79. The fourth-order valence-corrected chi connectivity index (χ4v) is 3.47. The van der Waals surface area contributed by atoms with Gasteiger partial charge in [-0.25, -0.2) is 8.42 Å². The largest absolute Gasteiger partial charge is 0.744 e. The van der Waals surface area contributed by atoms with E-state index in [1.54, 1.807) is 12.1 Å². The van der Waals surface area contributed by atoms with Crippen molar-refractivity contribution < 1.29 is 17.5 Å². The van der Waals surface area contributed by atoms with Crippen molar-refractivity contribution in [3.8, 4) is 0 Å². The van der Waals surface area contributed by atoms with Crippen LogP contribution in [0.5, 0.6) is 0 Å². The maximum Gasteiger partial charge on any atom is 0.125 e. The van der Waals surface area contributed by atoms with Crippen LogP contribution in [0.3, 0.4) is 0 Å². The van der Waals surface area contributed by atoms with Crippen molar-refractivity contribution in [1.29, 1.82) is 0 Å². The first-order chi connectivity index (χ1) is 10.5.